The molecule has 0 spiro atoms. The maximum absolute atomic E-state index is 5.79. The molecular weight excluding hydrogens is 951 g/mol. The monoisotopic (exact) mass is 1040 g/mol. The molecule has 8 rings (SSSR count). The number of nitrogens with zero attached hydrogens (tertiary/aromatic N) is 3. The van der Waals surface area contributed by atoms with Crippen molar-refractivity contribution in [3.63, 3.8) is 0 Å². The summed E-state index contributed by atoms with van der Waals surface area (Å²) in [6, 6.07) is 39.7. The molecule has 5 nitrogen and oxygen atoms in total. The molecular formula is C71H91N5Si. The summed E-state index contributed by atoms with van der Waals surface area (Å²) in [4.78, 5) is 22.2. The van der Waals surface area contributed by atoms with Crippen LogP contribution in [0.1, 0.15) is 200 Å². The third-order valence-electron chi connectivity index (χ3n) is 17.0. The van der Waals surface area contributed by atoms with Crippen molar-refractivity contribution in [3.05, 3.63) is 149 Å². The summed E-state index contributed by atoms with van der Waals surface area (Å²) in [5.74, 6) is 11.4. The molecule has 6 aromatic rings. The zero-order chi connectivity index (χ0) is 54.7. The summed E-state index contributed by atoms with van der Waals surface area (Å²) in [7, 11) is -2.13. The number of benzene rings is 3. The molecule has 8 bridgehead atoms. The van der Waals surface area contributed by atoms with Gasteiger partial charge in [-0.2, -0.15) is 0 Å². The van der Waals surface area contributed by atoms with Crippen molar-refractivity contribution in [1.82, 2.24) is 19.9 Å². The van der Waals surface area contributed by atoms with Crippen LogP contribution < -0.4 is 4.90 Å². The lowest BCUT2D eigenvalue weighted by Crippen LogP contribution is -2.43. The molecule has 0 saturated carbocycles. The molecule has 0 unspecified atom stereocenters. The highest BCUT2D eigenvalue weighted by Gasteiger charge is 2.42. The van der Waals surface area contributed by atoms with Crippen LogP contribution in [0.4, 0.5) is 5.69 Å². The number of aromatic nitrogens is 4. The minimum atomic E-state index is -2.13. The number of rotatable bonds is 20. The molecule has 404 valence electrons. The second kappa shape index (κ2) is 25.6. The third-order valence-corrected chi connectivity index (χ3v) is 23.3. The van der Waals surface area contributed by atoms with Gasteiger partial charge >= 0.3 is 0 Å². The van der Waals surface area contributed by atoms with Gasteiger partial charge in [-0.25, -0.2) is 0 Å². The largest absolute Gasteiger partial charge is 0.372 e. The minimum absolute atomic E-state index is 0.299. The zero-order valence-corrected chi connectivity index (χ0v) is 50.3. The quantitative estimate of drug-likeness (QED) is 0.0455. The second-order valence-electron chi connectivity index (χ2n) is 24.7. The van der Waals surface area contributed by atoms with Gasteiger partial charge in [-0.3, -0.25) is 9.97 Å². The summed E-state index contributed by atoms with van der Waals surface area (Å²) < 4.78 is 0. The molecule has 77 heavy (non-hydrogen) atoms. The number of aromatic amines is 2. The van der Waals surface area contributed by atoms with Crippen LogP contribution in [0, 0.1) is 23.3 Å². The van der Waals surface area contributed by atoms with E-state index in [0.29, 0.717) is 16.6 Å². The predicted molar refractivity (Wildman–Crippen MR) is 335 cm³/mol. The van der Waals surface area contributed by atoms with Crippen molar-refractivity contribution in [2.24, 2.45) is 0 Å². The number of unbranched alkanes of at least 4 members (excludes halogenated alkanes) is 10. The normalized spacial score (nSPS) is 13.9. The highest BCUT2D eigenvalue weighted by Crippen LogP contribution is 2.44. The molecule has 0 saturated heterocycles. The highest BCUT2D eigenvalue weighted by molar-refractivity contribution is 6.90. The minimum Gasteiger partial charge on any atom is -0.372 e. The number of hydrogen-bond acceptors (Lipinski definition) is 3. The number of fused-ring (bicyclic) bond motifs is 8. The van der Waals surface area contributed by atoms with E-state index < -0.39 is 8.07 Å². The Morgan fingerprint density at radius 3 is 1.31 bits per heavy atom. The van der Waals surface area contributed by atoms with Crippen LogP contribution >= 0.6 is 0 Å². The van der Waals surface area contributed by atoms with Gasteiger partial charge in [-0.05, 0) is 89.1 Å². The molecule has 5 heterocycles. The third kappa shape index (κ3) is 13.1. The van der Waals surface area contributed by atoms with Crippen LogP contribution in [0.25, 0.3) is 44.3 Å². The lowest BCUT2D eigenvalue weighted by Gasteiger charge is -2.38. The zero-order valence-electron chi connectivity index (χ0n) is 49.3. The number of H-pyrrole nitrogens is 2. The van der Waals surface area contributed by atoms with E-state index in [-0.39, 0.29) is 10.8 Å². The van der Waals surface area contributed by atoms with Crippen molar-refractivity contribution in [1.29, 1.82) is 0 Å². The van der Waals surface area contributed by atoms with Gasteiger partial charge in [-0.1, -0.05) is 226 Å². The van der Waals surface area contributed by atoms with E-state index >= 15 is 0 Å². The fourth-order valence-electron chi connectivity index (χ4n) is 12.8. The van der Waals surface area contributed by atoms with Crippen LogP contribution in [0.5, 0.6) is 0 Å². The molecule has 0 atom stereocenters. The molecule has 0 radical (unpaired) electrons. The molecule has 2 N–H and O–H groups in total. The fraction of sp³-hybridized carbons (Fsp3) is 0.465. The van der Waals surface area contributed by atoms with Gasteiger partial charge in [0.1, 0.15) is 8.07 Å². The first-order chi connectivity index (χ1) is 37.1. The van der Waals surface area contributed by atoms with E-state index in [1.165, 1.54) is 82.7 Å². The molecule has 0 amide bonds. The van der Waals surface area contributed by atoms with Gasteiger partial charge in [0.2, 0.25) is 0 Å². The van der Waals surface area contributed by atoms with E-state index in [0.717, 1.165) is 110 Å². The summed E-state index contributed by atoms with van der Waals surface area (Å²) in [5, 5.41) is 0. The molecule has 3 aromatic heterocycles. The van der Waals surface area contributed by atoms with Crippen LogP contribution in [0.3, 0.4) is 0 Å². The Labute approximate surface area is 466 Å². The van der Waals surface area contributed by atoms with Gasteiger partial charge in [0.15, 0.2) is 0 Å². The van der Waals surface area contributed by atoms with Gasteiger partial charge in [0.05, 0.1) is 44.9 Å². The number of hydrogen-bond donors (Lipinski definition) is 2. The van der Waals surface area contributed by atoms with Crippen LogP contribution in [-0.4, -0.2) is 41.1 Å². The van der Waals surface area contributed by atoms with E-state index in [2.05, 4.69) is 230 Å². The maximum Gasteiger partial charge on any atom is 0.146 e. The van der Waals surface area contributed by atoms with E-state index in [1.54, 1.807) is 0 Å². The van der Waals surface area contributed by atoms with Gasteiger partial charge in [-0.15, -0.1) is 5.54 Å². The van der Waals surface area contributed by atoms with E-state index in [1.807, 2.05) is 0 Å². The van der Waals surface area contributed by atoms with Gasteiger partial charge in [0, 0.05) is 70.2 Å². The average molecular weight is 1040 g/mol. The number of anilines is 1. The second-order valence-corrected chi connectivity index (χ2v) is 30.3. The van der Waals surface area contributed by atoms with Crippen LogP contribution in [0.2, 0.25) is 16.6 Å². The Balaban J connectivity index is 1.36. The molecule has 0 aliphatic carbocycles. The molecule has 2 aliphatic rings. The van der Waals surface area contributed by atoms with Crippen molar-refractivity contribution < 1.29 is 0 Å². The van der Waals surface area contributed by atoms with Crippen molar-refractivity contribution in [2.45, 2.75) is 200 Å². The van der Waals surface area contributed by atoms with E-state index in [9.17, 15) is 0 Å². The SMILES string of the molecule is CCCCCCCCN(CCCCCCCC)c1ccc(C#Cc2c3nc(c(-c4ccccc4)c4ccc([nH]4)c(C#C[Si](C(C)C)(C(C)C)C(C)C)c4nc(c(-c5ccccc5)c5ccc2[nH]5)C(C)(C)C4)C(C)(C)C3)cc1. The summed E-state index contributed by atoms with van der Waals surface area (Å²) >= 11 is 0. The smallest absolute Gasteiger partial charge is 0.146 e. The van der Waals surface area contributed by atoms with Gasteiger partial charge in [0.25, 0.3) is 0 Å². The Morgan fingerprint density at radius 1 is 0.481 bits per heavy atom. The lowest BCUT2D eigenvalue weighted by molar-refractivity contribution is 0.544. The average Bonchev–Trinajstić information content (AvgIpc) is 4.25. The van der Waals surface area contributed by atoms with Crippen molar-refractivity contribution in [3.8, 4) is 45.6 Å². The first-order valence-electron chi connectivity index (χ1n) is 29.9. The Bertz CT molecular complexity index is 3140. The van der Waals surface area contributed by atoms with Crippen LogP contribution in [0.15, 0.2) is 109 Å². The Hall–Kier alpha value is -6.08. The summed E-state index contributed by atoms with van der Waals surface area (Å²) in [6.07, 6.45) is 17.2. The first-order valence-corrected chi connectivity index (χ1v) is 32.1. The van der Waals surface area contributed by atoms with Crippen molar-refractivity contribution >= 4 is 35.8 Å². The fourth-order valence-corrected chi connectivity index (χ4v) is 18.0. The summed E-state index contributed by atoms with van der Waals surface area (Å²) in [6.45, 7) is 30.6. The molecule has 0 fully saturated rings. The first kappa shape index (κ1) is 57.1. The standard InChI is InChI=1S/C71H91N5Si/c1-13-15-17-19-21-29-46-76(47-30-22-20-18-16-14-2)57-38-35-54(36-39-57)37-40-58-60-41-43-62(72-60)66(55-31-25-23-26-32-55)69-71(11,12)50-65(75-69)59(45-48-77(51(3)4,52(5)6)53(7)8)61-42-44-63(73-61)67(56-33-27-24-28-34-56)68-70(9,10)49-64(58)74-68/h23-28,31-36,38-39,41-44,51-53,72-73H,13-22,29-30,46-47,49-50H2,1-12H3. The van der Waals surface area contributed by atoms with E-state index in [4.69, 9.17) is 9.97 Å². The van der Waals surface area contributed by atoms with Gasteiger partial charge < -0.3 is 14.9 Å². The highest BCUT2D eigenvalue weighted by atomic mass is 28.3. The van der Waals surface area contributed by atoms with Crippen LogP contribution in [-0.2, 0) is 23.7 Å². The maximum atomic E-state index is 5.79. The molecule has 6 heteroatoms. The number of nitrogens with one attached hydrogen (secondary N) is 2. The topological polar surface area (TPSA) is 60.6 Å². The predicted octanol–water partition coefficient (Wildman–Crippen LogP) is 19.2. The Kier molecular flexibility index (Phi) is 19.0. The molecule has 2 aliphatic heterocycles. The summed E-state index contributed by atoms with van der Waals surface area (Å²) in [5.41, 5.74) is 21.9. The van der Waals surface area contributed by atoms with Crippen molar-refractivity contribution in [2.75, 3.05) is 18.0 Å². The lowest BCUT2D eigenvalue weighted by atomic mass is 9.82. The Morgan fingerprint density at radius 2 is 0.883 bits per heavy atom. The molecule has 3 aromatic carbocycles.